The molecule has 0 aromatic heterocycles. The molecule has 1 heterocycles. The molecule has 0 aliphatic carbocycles. The van der Waals surface area contributed by atoms with Crippen molar-refractivity contribution in [3.63, 3.8) is 0 Å². The van der Waals surface area contributed by atoms with E-state index in [9.17, 15) is 9.59 Å². The number of rotatable bonds is 1. The van der Waals surface area contributed by atoms with E-state index >= 15 is 0 Å². The first kappa shape index (κ1) is 10.8. The van der Waals surface area contributed by atoms with Gasteiger partial charge in [0.05, 0.1) is 0 Å². The number of carbonyl (C=O) groups excluding carboxylic acids is 2. The predicted molar refractivity (Wildman–Crippen MR) is 47.3 cm³/mol. The quantitative estimate of drug-likeness (QED) is 0.624. The van der Waals surface area contributed by atoms with E-state index in [0.717, 1.165) is 0 Å². The number of carbonyl (C=O) groups is 2. The molecule has 0 aromatic carbocycles. The van der Waals surface area contributed by atoms with Gasteiger partial charge in [0.25, 0.3) is 5.91 Å². The molecule has 0 spiro atoms. The van der Waals surface area contributed by atoms with Crippen LogP contribution in [0, 0.1) is 0 Å². The molecule has 80 valence electrons. The minimum absolute atomic E-state index is 0.123. The van der Waals surface area contributed by atoms with E-state index in [1.54, 1.807) is 20.8 Å². The van der Waals surface area contributed by atoms with Crippen molar-refractivity contribution in [2.24, 2.45) is 0 Å². The number of ether oxygens (including phenoxy) is 1. The number of hydroxylamine groups is 1. The summed E-state index contributed by atoms with van der Waals surface area (Å²) in [5.74, 6) is -0.365. The van der Waals surface area contributed by atoms with Crippen LogP contribution in [0.15, 0.2) is 0 Å². The summed E-state index contributed by atoms with van der Waals surface area (Å²) in [5, 5.41) is 2.39. The molecule has 0 saturated carbocycles. The number of hydrogen-bond acceptors (Lipinski definition) is 4. The third-order valence-electron chi connectivity index (χ3n) is 1.43. The van der Waals surface area contributed by atoms with Gasteiger partial charge < -0.3 is 10.1 Å². The normalized spacial score (nSPS) is 21.6. The molecule has 0 bridgehead atoms. The van der Waals surface area contributed by atoms with Crippen LogP contribution in [0.2, 0.25) is 0 Å². The topological polar surface area (TPSA) is 76.7 Å². The Morgan fingerprint density at radius 2 is 2.29 bits per heavy atom. The summed E-state index contributed by atoms with van der Waals surface area (Å²) >= 11 is 0. The Morgan fingerprint density at radius 3 is 2.71 bits per heavy atom. The van der Waals surface area contributed by atoms with Gasteiger partial charge in [-0.25, -0.2) is 10.3 Å². The van der Waals surface area contributed by atoms with Crippen LogP contribution >= 0.6 is 0 Å². The molecule has 1 atom stereocenters. The van der Waals surface area contributed by atoms with Crippen molar-refractivity contribution < 1.29 is 19.2 Å². The first-order chi connectivity index (χ1) is 6.38. The summed E-state index contributed by atoms with van der Waals surface area (Å²) < 4.78 is 4.96. The van der Waals surface area contributed by atoms with Crippen molar-refractivity contribution in [3.8, 4) is 0 Å². The van der Waals surface area contributed by atoms with Crippen molar-refractivity contribution >= 4 is 12.0 Å². The minimum atomic E-state index is -0.662. The molecular weight excluding hydrogens is 188 g/mol. The van der Waals surface area contributed by atoms with Gasteiger partial charge in [-0.2, -0.15) is 0 Å². The van der Waals surface area contributed by atoms with Crippen LogP contribution in [0.3, 0.4) is 0 Å². The molecule has 6 heteroatoms. The molecule has 1 aliphatic heterocycles. The van der Waals surface area contributed by atoms with Crippen LogP contribution in [0.25, 0.3) is 0 Å². The summed E-state index contributed by atoms with van der Waals surface area (Å²) in [6.45, 7) is 5.37. The second kappa shape index (κ2) is 3.83. The smallest absolute Gasteiger partial charge is 0.408 e. The van der Waals surface area contributed by atoms with Gasteiger partial charge in [-0.3, -0.25) is 9.63 Å². The van der Waals surface area contributed by atoms with Gasteiger partial charge in [0.1, 0.15) is 18.2 Å². The monoisotopic (exact) mass is 202 g/mol. The van der Waals surface area contributed by atoms with Crippen LogP contribution in [0.4, 0.5) is 4.79 Å². The average molecular weight is 202 g/mol. The number of alkyl carbamates (subject to hydrolysis) is 1. The lowest BCUT2D eigenvalue weighted by atomic mass is 10.2. The second-order valence-corrected chi connectivity index (χ2v) is 3.98. The summed E-state index contributed by atoms with van der Waals surface area (Å²) in [4.78, 5) is 26.8. The third kappa shape index (κ3) is 3.21. The van der Waals surface area contributed by atoms with Crippen molar-refractivity contribution in [2.45, 2.75) is 32.4 Å². The van der Waals surface area contributed by atoms with Gasteiger partial charge in [-0.1, -0.05) is 0 Å². The van der Waals surface area contributed by atoms with Crippen molar-refractivity contribution in [1.29, 1.82) is 0 Å². The molecule has 6 nitrogen and oxygen atoms in total. The van der Waals surface area contributed by atoms with Crippen molar-refractivity contribution in [1.82, 2.24) is 10.8 Å². The highest BCUT2D eigenvalue weighted by Crippen LogP contribution is 2.07. The Morgan fingerprint density at radius 1 is 1.64 bits per heavy atom. The maximum Gasteiger partial charge on any atom is 0.408 e. The van der Waals surface area contributed by atoms with Crippen molar-refractivity contribution in [3.05, 3.63) is 0 Å². The second-order valence-electron chi connectivity index (χ2n) is 3.98. The first-order valence-electron chi connectivity index (χ1n) is 4.29. The minimum Gasteiger partial charge on any atom is -0.444 e. The third-order valence-corrected chi connectivity index (χ3v) is 1.43. The standard InChI is InChI=1S/C8H14N2O4/c1-8(2,3)14-7(12)9-5-4-13-10-6(5)11/h5H,4H2,1-3H3,(H,9,12)(H,10,11)/t5-/m0/s1. The maximum absolute atomic E-state index is 11.2. The molecular formula is C8H14N2O4. The molecule has 0 radical (unpaired) electrons. The van der Waals surface area contributed by atoms with E-state index in [0.29, 0.717) is 0 Å². The number of nitrogens with one attached hydrogen (secondary N) is 2. The van der Waals surface area contributed by atoms with E-state index in [1.807, 2.05) is 0 Å². The molecule has 1 fully saturated rings. The molecule has 0 aromatic rings. The fourth-order valence-electron chi connectivity index (χ4n) is 0.900. The molecule has 1 rings (SSSR count). The zero-order chi connectivity index (χ0) is 10.8. The maximum atomic E-state index is 11.2. The van der Waals surface area contributed by atoms with Gasteiger partial charge in [0, 0.05) is 0 Å². The Hall–Kier alpha value is -1.30. The largest absolute Gasteiger partial charge is 0.444 e. The Labute approximate surface area is 81.9 Å². The van der Waals surface area contributed by atoms with Crippen LogP contribution in [0.1, 0.15) is 20.8 Å². The highest BCUT2D eigenvalue weighted by atomic mass is 16.7. The van der Waals surface area contributed by atoms with E-state index in [-0.39, 0.29) is 12.5 Å². The van der Waals surface area contributed by atoms with Crippen LogP contribution in [-0.2, 0) is 14.4 Å². The lowest BCUT2D eigenvalue weighted by molar-refractivity contribution is -0.125. The highest BCUT2D eigenvalue weighted by Gasteiger charge is 2.28. The Kier molecular flexibility index (Phi) is 2.95. The van der Waals surface area contributed by atoms with Gasteiger partial charge in [-0.15, -0.1) is 0 Å². The van der Waals surface area contributed by atoms with Crippen molar-refractivity contribution in [2.75, 3.05) is 6.61 Å². The molecule has 14 heavy (non-hydrogen) atoms. The molecule has 2 amide bonds. The number of hydrogen-bond donors (Lipinski definition) is 2. The fraction of sp³-hybridized carbons (Fsp3) is 0.750. The van der Waals surface area contributed by atoms with E-state index in [1.165, 1.54) is 0 Å². The van der Waals surface area contributed by atoms with Crippen LogP contribution < -0.4 is 10.8 Å². The summed E-state index contributed by atoms with van der Waals surface area (Å²) in [7, 11) is 0. The van der Waals surface area contributed by atoms with Gasteiger partial charge in [0.2, 0.25) is 0 Å². The summed E-state index contributed by atoms with van der Waals surface area (Å²) in [6, 6.07) is -0.662. The average Bonchev–Trinajstić information content (AvgIpc) is 2.32. The molecule has 1 saturated heterocycles. The lowest BCUT2D eigenvalue weighted by Crippen LogP contribution is -2.44. The zero-order valence-corrected chi connectivity index (χ0v) is 8.42. The molecule has 2 N–H and O–H groups in total. The van der Waals surface area contributed by atoms with Gasteiger partial charge >= 0.3 is 6.09 Å². The SMILES string of the molecule is CC(C)(C)OC(=O)N[C@H]1CONC1=O. The van der Waals surface area contributed by atoms with Gasteiger partial charge in [0.15, 0.2) is 0 Å². The predicted octanol–water partition coefficient (Wildman–Crippen LogP) is -0.0589. The number of amides is 2. The van der Waals surface area contributed by atoms with Crippen LogP contribution in [-0.4, -0.2) is 30.3 Å². The summed E-state index contributed by atoms with van der Waals surface area (Å²) in [5.41, 5.74) is 1.56. The zero-order valence-electron chi connectivity index (χ0n) is 8.42. The fourth-order valence-corrected chi connectivity index (χ4v) is 0.900. The van der Waals surface area contributed by atoms with E-state index in [2.05, 4.69) is 15.6 Å². The first-order valence-corrected chi connectivity index (χ1v) is 4.29. The lowest BCUT2D eigenvalue weighted by Gasteiger charge is -2.20. The van der Waals surface area contributed by atoms with Gasteiger partial charge in [-0.05, 0) is 20.8 Å². The Bertz CT molecular complexity index is 246. The van der Waals surface area contributed by atoms with E-state index in [4.69, 9.17) is 4.74 Å². The summed E-state index contributed by atoms with van der Waals surface area (Å²) in [6.07, 6.45) is -0.622. The molecule has 0 unspecified atom stereocenters. The van der Waals surface area contributed by atoms with E-state index < -0.39 is 17.7 Å². The van der Waals surface area contributed by atoms with Crippen LogP contribution in [0.5, 0.6) is 0 Å². The Balaban J connectivity index is 2.37. The molecule has 1 aliphatic rings. The highest BCUT2D eigenvalue weighted by molar-refractivity contribution is 5.86.